The summed E-state index contributed by atoms with van der Waals surface area (Å²) in [6.45, 7) is 2.18. The average Bonchev–Trinajstić information content (AvgIpc) is 2.70. The molecule has 0 saturated carbocycles. The number of fused-ring (bicyclic) bond motifs is 1. The molecule has 1 aromatic heterocycles. The molecule has 0 radical (unpaired) electrons. The van der Waals surface area contributed by atoms with Crippen molar-refractivity contribution in [2.45, 2.75) is 19.0 Å². The summed E-state index contributed by atoms with van der Waals surface area (Å²) in [6.07, 6.45) is -2.92. The molecule has 0 bridgehead atoms. The van der Waals surface area contributed by atoms with E-state index in [4.69, 9.17) is 0 Å². The Morgan fingerprint density at radius 1 is 0.933 bits per heavy atom. The van der Waals surface area contributed by atoms with Gasteiger partial charge in [0.1, 0.15) is 5.82 Å². The van der Waals surface area contributed by atoms with Crippen molar-refractivity contribution in [1.82, 2.24) is 14.9 Å². The van der Waals surface area contributed by atoms with E-state index >= 15 is 0 Å². The first-order valence-electron chi connectivity index (χ1n) is 9.88. The molecule has 2 N–H and O–H groups in total. The Hall–Kier alpha value is -2.87. The minimum atomic E-state index is -4.34. The molecule has 0 aliphatic carbocycles. The molecule has 0 aliphatic rings. The number of rotatable bonds is 9. The van der Waals surface area contributed by atoms with Crippen LogP contribution in [0.5, 0.6) is 0 Å². The van der Waals surface area contributed by atoms with Crippen LogP contribution in [0.2, 0.25) is 0 Å². The Morgan fingerprint density at radius 2 is 1.73 bits per heavy atom. The molecule has 30 heavy (non-hydrogen) atoms. The minimum absolute atomic E-state index is 0.430. The van der Waals surface area contributed by atoms with E-state index in [1.807, 2.05) is 38.4 Å². The number of hydrogen-bond donors (Lipinski definition) is 2. The smallest absolute Gasteiger partial charge is 0.369 e. The maximum absolute atomic E-state index is 12.9. The van der Waals surface area contributed by atoms with E-state index in [2.05, 4.69) is 25.5 Å². The topological polar surface area (TPSA) is 53.1 Å². The number of alkyl halides is 3. The predicted molar refractivity (Wildman–Crippen MR) is 115 cm³/mol. The third-order valence-corrected chi connectivity index (χ3v) is 4.63. The van der Waals surface area contributed by atoms with Crippen LogP contribution in [0.25, 0.3) is 10.9 Å². The fourth-order valence-corrected chi connectivity index (χ4v) is 3.11. The Labute approximate surface area is 174 Å². The average molecular weight is 417 g/mol. The summed E-state index contributed by atoms with van der Waals surface area (Å²) in [5.74, 6) is 1.21. The van der Waals surface area contributed by atoms with Crippen molar-refractivity contribution in [3.05, 3.63) is 59.7 Å². The summed E-state index contributed by atoms with van der Waals surface area (Å²) >= 11 is 0. The molecule has 0 unspecified atom stereocenters. The van der Waals surface area contributed by atoms with E-state index in [0.717, 1.165) is 42.3 Å². The van der Waals surface area contributed by atoms with E-state index in [-0.39, 0.29) is 0 Å². The molecule has 5 nitrogen and oxygen atoms in total. The highest BCUT2D eigenvalue weighted by molar-refractivity contribution is 5.90. The van der Waals surface area contributed by atoms with E-state index in [9.17, 15) is 13.2 Å². The van der Waals surface area contributed by atoms with E-state index in [1.54, 1.807) is 6.07 Å². The van der Waals surface area contributed by atoms with Gasteiger partial charge in [-0.15, -0.1) is 0 Å². The molecule has 3 aromatic rings. The van der Waals surface area contributed by atoms with Gasteiger partial charge in [0.25, 0.3) is 0 Å². The first kappa shape index (κ1) is 21.8. The summed E-state index contributed by atoms with van der Waals surface area (Å²) in [5, 5.41) is 7.45. The van der Waals surface area contributed by atoms with Gasteiger partial charge in [0.15, 0.2) is 0 Å². The molecule has 1 heterocycles. The van der Waals surface area contributed by atoms with Crippen LogP contribution in [0.15, 0.2) is 48.5 Å². The molecule has 160 valence electrons. The van der Waals surface area contributed by atoms with Crippen molar-refractivity contribution in [3.8, 4) is 0 Å². The number of nitrogens with zero attached hydrogens (tertiary/aromatic N) is 3. The van der Waals surface area contributed by atoms with Gasteiger partial charge >= 0.3 is 6.18 Å². The van der Waals surface area contributed by atoms with Gasteiger partial charge in [0, 0.05) is 18.5 Å². The second-order valence-corrected chi connectivity index (χ2v) is 7.37. The standard InChI is InChI=1S/C22H26F3N5/c1-30(2)14-6-12-26-20-18-9-3-4-10-19(18)28-21(29-20)27-13-11-16-7-5-8-17(15-16)22(23,24)25/h3-5,7-10,15H,6,11-14H2,1-2H3,(H2,26,27,28,29). The Morgan fingerprint density at radius 3 is 2.50 bits per heavy atom. The second-order valence-electron chi connectivity index (χ2n) is 7.37. The highest BCUT2D eigenvalue weighted by Gasteiger charge is 2.30. The SMILES string of the molecule is CN(C)CCCNc1nc(NCCc2cccc(C(F)(F)F)c2)nc2ccccc12. The molecule has 0 aliphatic heterocycles. The maximum Gasteiger partial charge on any atom is 0.416 e. The van der Waals surface area contributed by atoms with E-state index in [0.29, 0.717) is 24.5 Å². The summed E-state index contributed by atoms with van der Waals surface area (Å²) in [6, 6.07) is 13.1. The van der Waals surface area contributed by atoms with Gasteiger partial charge in [0.2, 0.25) is 5.95 Å². The summed E-state index contributed by atoms with van der Waals surface area (Å²) in [7, 11) is 4.07. The maximum atomic E-state index is 12.9. The van der Waals surface area contributed by atoms with Crippen LogP contribution >= 0.6 is 0 Å². The molecule has 0 spiro atoms. The first-order valence-corrected chi connectivity index (χ1v) is 9.88. The molecule has 0 atom stereocenters. The lowest BCUT2D eigenvalue weighted by Crippen LogP contribution is -2.17. The molecular formula is C22H26F3N5. The zero-order chi connectivity index (χ0) is 21.6. The Balaban J connectivity index is 1.67. The monoisotopic (exact) mass is 417 g/mol. The highest BCUT2D eigenvalue weighted by Crippen LogP contribution is 2.29. The van der Waals surface area contributed by atoms with Crippen molar-refractivity contribution < 1.29 is 13.2 Å². The lowest BCUT2D eigenvalue weighted by Gasteiger charge is -2.13. The summed E-state index contributed by atoms with van der Waals surface area (Å²) < 4.78 is 38.6. The number of aromatic nitrogens is 2. The van der Waals surface area contributed by atoms with Crippen LogP contribution in [0.4, 0.5) is 24.9 Å². The van der Waals surface area contributed by atoms with Crippen LogP contribution in [0.1, 0.15) is 17.5 Å². The number of hydrogen-bond acceptors (Lipinski definition) is 5. The fourth-order valence-electron chi connectivity index (χ4n) is 3.11. The zero-order valence-electron chi connectivity index (χ0n) is 17.1. The number of nitrogens with one attached hydrogen (secondary N) is 2. The zero-order valence-corrected chi connectivity index (χ0v) is 17.1. The predicted octanol–water partition coefficient (Wildman–Crippen LogP) is 4.67. The summed E-state index contributed by atoms with van der Waals surface area (Å²) in [4.78, 5) is 11.2. The van der Waals surface area contributed by atoms with Crippen molar-refractivity contribution in [2.75, 3.05) is 44.4 Å². The number of benzene rings is 2. The van der Waals surface area contributed by atoms with Gasteiger partial charge in [-0.25, -0.2) is 4.98 Å². The van der Waals surface area contributed by atoms with Gasteiger partial charge in [-0.2, -0.15) is 18.2 Å². The fraction of sp³-hybridized carbons (Fsp3) is 0.364. The number of halogens is 3. The van der Waals surface area contributed by atoms with Crippen LogP contribution < -0.4 is 10.6 Å². The lowest BCUT2D eigenvalue weighted by atomic mass is 10.1. The number of anilines is 2. The van der Waals surface area contributed by atoms with E-state index in [1.165, 1.54) is 12.1 Å². The normalized spacial score (nSPS) is 11.8. The van der Waals surface area contributed by atoms with Crippen molar-refractivity contribution in [1.29, 1.82) is 0 Å². The second kappa shape index (κ2) is 9.75. The quantitative estimate of drug-likeness (QED) is 0.496. The molecule has 0 saturated heterocycles. The van der Waals surface area contributed by atoms with Crippen molar-refractivity contribution in [2.24, 2.45) is 0 Å². The molecule has 0 amide bonds. The number of para-hydroxylation sites is 1. The molecule has 8 heteroatoms. The lowest BCUT2D eigenvalue weighted by molar-refractivity contribution is -0.137. The molecular weight excluding hydrogens is 391 g/mol. The van der Waals surface area contributed by atoms with Crippen molar-refractivity contribution >= 4 is 22.7 Å². The Bertz CT molecular complexity index is 972. The van der Waals surface area contributed by atoms with Gasteiger partial charge in [0.05, 0.1) is 11.1 Å². The van der Waals surface area contributed by atoms with E-state index < -0.39 is 11.7 Å². The molecule has 0 fully saturated rings. The third kappa shape index (κ3) is 6.06. The Kier molecular flexibility index (Phi) is 7.10. The van der Waals surface area contributed by atoms with Gasteiger partial charge in [-0.05, 0) is 57.2 Å². The van der Waals surface area contributed by atoms with Gasteiger partial charge < -0.3 is 15.5 Å². The minimum Gasteiger partial charge on any atom is -0.369 e. The van der Waals surface area contributed by atoms with Crippen LogP contribution in [0.3, 0.4) is 0 Å². The first-order chi connectivity index (χ1) is 14.3. The summed E-state index contributed by atoms with van der Waals surface area (Å²) in [5.41, 5.74) is 0.787. The van der Waals surface area contributed by atoms with Crippen molar-refractivity contribution in [3.63, 3.8) is 0 Å². The van der Waals surface area contributed by atoms with Crippen LogP contribution in [-0.4, -0.2) is 48.6 Å². The van der Waals surface area contributed by atoms with Crippen LogP contribution in [-0.2, 0) is 12.6 Å². The van der Waals surface area contributed by atoms with Gasteiger partial charge in [-0.1, -0.05) is 30.3 Å². The molecule has 3 rings (SSSR count). The highest BCUT2D eigenvalue weighted by atomic mass is 19.4. The van der Waals surface area contributed by atoms with Crippen LogP contribution in [0, 0.1) is 0 Å². The molecule has 2 aromatic carbocycles. The third-order valence-electron chi connectivity index (χ3n) is 4.63. The van der Waals surface area contributed by atoms with Gasteiger partial charge in [-0.3, -0.25) is 0 Å². The largest absolute Gasteiger partial charge is 0.416 e.